The van der Waals surface area contributed by atoms with Gasteiger partial charge in [-0.3, -0.25) is 9.69 Å². The second-order valence-electron chi connectivity index (χ2n) is 9.95. The van der Waals surface area contributed by atoms with Gasteiger partial charge in [-0.2, -0.15) is 0 Å². The van der Waals surface area contributed by atoms with Gasteiger partial charge in [0.2, 0.25) is 5.91 Å². The predicted octanol–water partition coefficient (Wildman–Crippen LogP) is 2.10. The highest BCUT2D eigenvalue weighted by atomic mass is 16.5. The summed E-state index contributed by atoms with van der Waals surface area (Å²) in [6.45, 7) is 8.08. The molecule has 1 aromatic carbocycles. The van der Waals surface area contributed by atoms with Crippen LogP contribution >= 0.6 is 0 Å². The lowest BCUT2D eigenvalue weighted by molar-refractivity contribution is -0.136. The van der Waals surface area contributed by atoms with Crippen LogP contribution in [0.25, 0.3) is 0 Å². The minimum atomic E-state index is -0.250. The van der Waals surface area contributed by atoms with Gasteiger partial charge in [0.1, 0.15) is 0 Å². The molecular formula is C26H39N5O5. The van der Waals surface area contributed by atoms with Crippen LogP contribution in [0.2, 0.25) is 0 Å². The first-order chi connectivity index (χ1) is 17.5. The van der Waals surface area contributed by atoms with E-state index in [1.807, 2.05) is 23.7 Å². The molecule has 4 rings (SSSR count). The van der Waals surface area contributed by atoms with E-state index in [2.05, 4.69) is 35.2 Å². The summed E-state index contributed by atoms with van der Waals surface area (Å²) >= 11 is 0. The van der Waals surface area contributed by atoms with Gasteiger partial charge >= 0.3 is 0 Å². The van der Waals surface area contributed by atoms with Crippen molar-refractivity contribution in [1.29, 1.82) is 0 Å². The van der Waals surface area contributed by atoms with E-state index in [9.17, 15) is 9.90 Å². The fourth-order valence-corrected chi connectivity index (χ4v) is 4.79. The monoisotopic (exact) mass is 501 g/mol. The van der Waals surface area contributed by atoms with Crippen LogP contribution in [0.3, 0.4) is 0 Å². The highest BCUT2D eigenvalue weighted by Gasteiger charge is 2.28. The summed E-state index contributed by atoms with van der Waals surface area (Å²) in [6, 6.07) is 5.77. The van der Waals surface area contributed by atoms with Gasteiger partial charge in [0.05, 0.1) is 50.5 Å². The molecule has 0 saturated heterocycles. The standard InChI is InChI=1S/C26H39N5O5/c1-19-14-30(20(2)17-32)25(33)9-5-10-31-22(13-27-28-31)18-36-24(19)16-29(3)15-21-7-4-8-23-26(21)35-12-6-11-34-23/h4,7-8,13,19-20,24,32H,5-6,9-12,14-18H2,1-3H3/t19-,20-,24-/m0/s1. The molecule has 0 aliphatic carbocycles. The molecule has 2 aliphatic heterocycles. The van der Waals surface area contributed by atoms with Gasteiger partial charge < -0.3 is 24.2 Å². The van der Waals surface area contributed by atoms with Crippen LogP contribution < -0.4 is 9.47 Å². The van der Waals surface area contributed by atoms with Crippen molar-refractivity contribution < 1.29 is 24.1 Å². The summed E-state index contributed by atoms with van der Waals surface area (Å²) in [6.07, 6.45) is 3.51. The van der Waals surface area contributed by atoms with Gasteiger partial charge in [0, 0.05) is 50.5 Å². The number of rotatable bonds is 6. The zero-order valence-electron chi connectivity index (χ0n) is 21.6. The summed E-state index contributed by atoms with van der Waals surface area (Å²) in [4.78, 5) is 17.1. The molecule has 36 heavy (non-hydrogen) atoms. The Morgan fingerprint density at radius 1 is 1.25 bits per heavy atom. The van der Waals surface area contributed by atoms with Gasteiger partial charge in [0.15, 0.2) is 11.5 Å². The highest BCUT2D eigenvalue weighted by Crippen LogP contribution is 2.34. The maximum Gasteiger partial charge on any atom is 0.222 e. The molecule has 0 spiro atoms. The van der Waals surface area contributed by atoms with Crippen molar-refractivity contribution in [2.24, 2.45) is 5.92 Å². The molecule has 3 heterocycles. The van der Waals surface area contributed by atoms with E-state index in [1.54, 1.807) is 11.1 Å². The van der Waals surface area contributed by atoms with Gasteiger partial charge in [0.25, 0.3) is 0 Å². The Kier molecular flexibility index (Phi) is 9.17. The van der Waals surface area contributed by atoms with Crippen LogP contribution in [0.15, 0.2) is 24.4 Å². The van der Waals surface area contributed by atoms with E-state index < -0.39 is 0 Å². The number of ether oxygens (including phenoxy) is 3. The Hall–Kier alpha value is -2.69. The number of benzene rings is 1. The minimum absolute atomic E-state index is 0.0432. The van der Waals surface area contributed by atoms with Crippen molar-refractivity contribution in [3.05, 3.63) is 35.7 Å². The van der Waals surface area contributed by atoms with Crippen molar-refractivity contribution in [3.63, 3.8) is 0 Å². The molecular weight excluding hydrogens is 462 g/mol. The molecule has 10 nitrogen and oxygen atoms in total. The largest absolute Gasteiger partial charge is 0.490 e. The highest BCUT2D eigenvalue weighted by molar-refractivity contribution is 5.76. The zero-order valence-corrected chi connectivity index (χ0v) is 21.6. The fourth-order valence-electron chi connectivity index (χ4n) is 4.79. The lowest BCUT2D eigenvalue weighted by Crippen LogP contribution is -2.47. The second-order valence-corrected chi connectivity index (χ2v) is 9.95. The number of hydrogen-bond acceptors (Lipinski definition) is 8. The van der Waals surface area contributed by atoms with Crippen molar-refractivity contribution in [2.45, 2.75) is 65.0 Å². The smallest absolute Gasteiger partial charge is 0.222 e. The summed E-state index contributed by atoms with van der Waals surface area (Å²) in [5.74, 6) is 1.70. The molecule has 10 heteroatoms. The third-order valence-corrected chi connectivity index (χ3v) is 6.92. The van der Waals surface area contributed by atoms with Crippen LogP contribution in [-0.4, -0.2) is 87.9 Å². The Morgan fingerprint density at radius 3 is 2.92 bits per heavy atom. The normalized spacial score (nSPS) is 22.4. The van der Waals surface area contributed by atoms with Crippen molar-refractivity contribution >= 4 is 5.91 Å². The van der Waals surface area contributed by atoms with Crippen molar-refractivity contribution in [2.75, 3.05) is 40.0 Å². The maximum atomic E-state index is 13.1. The number of aliphatic hydroxyl groups excluding tert-OH is 1. The molecule has 1 aromatic heterocycles. The van der Waals surface area contributed by atoms with Crippen LogP contribution in [0, 0.1) is 5.92 Å². The quantitative estimate of drug-likeness (QED) is 0.642. The average Bonchev–Trinajstić information content (AvgIpc) is 3.16. The van der Waals surface area contributed by atoms with Crippen LogP contribution in [0.1, 0.15) is 44.4 Å². The Morgan fingerprint density at radius 2 is 2.08 bits per heavy atom. The van der Waals surface area contributed by atoms with E-state index in [4.69, 9.17) is 14.2 Å². The number of nitrogens with zero attached hydrogens (tertiary/aromatic N) is 5. The first kappa shape index (κ1) is 26.4. The zero-order chi connectivity index (χ0) is 25.5. The third kappa shape index (κ3) is 6.54. The van der Waals surface area contributed by atoms with E-state index >= 15 is 0 Å². The van der Waals surface area contributed by atoms with Crippen molar-refractivity contribution in [3.8, 4) is 11.5 Å². The molecule has 0 saturated carbocycles. The lowest BCUT2D eigenvalue weighted by atomic mass is 10.0. The Bertz CT molecular complexity index is 999. The first-order valence-corrected chi connectivity index (χ1v) is 12.9. The summed E-state index contributed by atoms with van der Waals surface area (Å²) in [5, 5.41) is 18.0. The van der Waals surface area contributed by atoms with E-state index in [0.29, 0.717) is 58.8 Å². The molecule has 198 valence electrons. The number of likely N-dealkylation sites (N-methyl/N-ethyl adjacent to an activating group) is 1. The molecule has 0 radical (unpaired) electrons. The maximum absolute atomic E-state index is 13.1. The molecule has 0 fully saturated rings. The SMILES string of the molecule is C[C@H]1CN([C@@H](C)CO)C(=O)CCCn2nncc2CO[C@H]1CN(C)Cc1cccc2c1OCCCO2. The number of carbonyl (C=O) groups is 1. The summed E-state index contributed by atoms with van der Waals surface area (Å²) in [5.41, 5.74) is 1.98. The van der Waals surface area contributed by atoms with Gasteiger partial charge in [-0.1, -0.05) is 24.3 Å². The van der Waals surface area contributed by atoms with Crippen LogP contribution in [0.4, 0.5) is 0 Å². The molecule has 1 amide bonds. The van der Waals surface area contributed by atoms with E-state index in [0.717, 1.165) is 29.2 Å². The number of aromatic nitrogens is 3. The van der Waals surface area contributed by atoms with Crippen LogP contribution in [0.5, 0.6) is 11.5 Å². The van der Waals surface area contributed by atoms with Crippen LogP contribution in [-0.2, 0) is 29.2 Å². The minimum Gasteiger partial charge on any atom is -0.490 e. The number of hydrogen-bond donors (Lipinski definition) is 1. The third-order valence-electron chi connectivity index (χ3n) is 6.92. The molecule has 1 N–H and O–H groups in total. The number of fused-ring (bicyclic) bond motifs is 2. The Labute approximate surface area is 213 Å². The number of aliphatic hydroxyl groups is 1. The number of para-hydroxylation sites is 1. The van der Waals surface area contributed by atoms with E-state index in [-0.39, 0.29) is 30.6 Å². The van der Waals surface area contributed by atoms with Gasteiger partial charge in [-0.25, -0.2) is 4.68 Å². The van der Waals surface area contributed by atoms with Gasteiger partial charge in [-0.05, 0) is 26.5 Å². The molecule has 2 aliphatic rings. The number of aryl methyl sites for hydroxylation is 1. The summed E-state index contributed by atoms with van der Waals surface area (Å²) < 4.78 is 20.1. The molecule has 3 atom stereocenters. The number of carbonyl (C=O) groups excluding carboxylic acids is 1. The molecule has 0 bridgehead atoms. The predicted molar refractivity (Wildman–Crippen MR) is 134 cm³/mol. The summed E-state index contributed by atoms with van der Waals surface area (Å²) in [7, 11) is 2.06. The molecule has 2 aromatic rings. The average molecular weight is 502 g/mol. The van der Waals surface area contributed by atoms with E-state index in [1.165, 1.54) is 0 Å². The Balaban J connectivity index is 1.51. The fraction of sp³-hybridized carbons (Fsp3) is 0.654. The molecule has 0 unspecified atom stereocenters. The number of amides is 1. The topological polar surface area (TPSA) is 102 Å². The second kappa shape index (κ2) is 12.5. The van der Waals surface area contributed by atoms with Crippen molar-refractivity contribution in [1.82, 2.24) is 24.8 Å². The van der Waals surface area contributed by atoms with Gasteiger partial charge in [-0.15, -0.1) is 5.10 Å². The first-order valence-electron chi connectivity index (χ1n) is 12.9. The lowest BCUT2D eigenvalue weighted by Gasteiger charge is -2.35.